The Kier molecular flexibility index (Phi) is 4.12. The first-order valence-corrected chi connectivity index (χ1v) is 7.29. The number of methoxy groups -OCH3 is 1. The molecule has 122 valence electrons. The Morgan fingerprint density at radius 1 is 1.25 bits per heavy atom. The first-order valence-electron chi connectivity index (χ1n) is 7.29. The van der Waals surface area contributed by atoms with Crippen LogP contribution in [0.25, 0.3) is 0 Å². The van der Waals surface area contributed by atoms with Gasteiger partial charge in [-0.1, -0.05) is 0 Å². The minimum atomic E-state index is 0.384. The van der Waals surface area contributed by atoms with Gasteiger partial charge < -0.3 is 19.8 Å². The second-order valence-electron chi connectivity index (χ2n) is 5.22. The van der Waals surface area contributed by atoms with Gasteiger partial charge in [0.2, 0.25) is 5.88 Å². The molecule has 0 spiro atoms. The number of nitrogens with two attached hydrogens (primary N) is 1. The molecule has 0 fully saturated rings. The monoisotopic (exact) mass is 323 g/mol. The van der Waals surface area contributed by atoms with Crippen molar-refractivity contribution in [1.29, 1.82) is 5.26 Å². The van der Waals surface area contributed by atoms with Gasteiger partial charge in [-0.2, -0.15) is 5.26 Å². The van der Waals surface area contributed by atoms with Crippen LogP contribution in [0, 0.1) is 11.3 Å². The Morgan fingerprint density at radius 2 is 1.96 bits per heavy atom. The molecule has 0 aliphatic rings. The largest absolute Gasteiger partial charge is 0.497 e. The summed E-state index contributed by atoms with van der Waals surface area (Å²) in [6, 6.07) is 10.9. The zero-order valence-electron chi connectivity index (χ0n) is 13.4. The standard InChI is InChI=1S/C17H17N5O2/c1-21-8-7-20-16(21)11-22-12(10-18)9-15(19)17(22)24-14-5-3-13(23-2)4-6-14/h3-9H,11,19H2,1-2H3. The van der Waals surface area contributed by atoms with Crippen molar-refractivity contribution in [3.8, 4) is 23.4 Å². The molecule has 0 amide bonds. The maximum atomic E-state index is 9.36. The van der Waals surface area contributed by atoms with E-state index >= 15 is 0 Å². The molecule has 0 aliphatic heterocycles. The topological polar surface area (TPSA) is 91.0 Å². The highest BCUT2D eigenvalue weighted by Gasteiger charge is 2.17. The SMILES string of the molecule is COc1ccc(Oc2c(N)cc(C#N)n2Cc2nccn2C)cc1. The Balaban J connectivity index is 1.95. The summed E-state index contributed by atoms with van der Waals surface area (Å²) < 4.78 is 14.6. The first-order chi connectivity index (χ1) is 11.6. The smallest absolute Gasteiger partial charge is 0.224 e. The summed E-state index contributed by atoms with van der Waals surface area (Å²) in [5, 5.41) is 9.36. The molecule has 24 heavy (non-hydrogen) atoms. The second-order valence-corrected chi connectivity index (χ2v) is 5.22. The van der Waals surface area contributed by atoms with Crippen molar-refractivity contribution in [3.63, 3.8) is 0 Å². The molecule has 3 rings (SSSR count). The normalized spacial score (nSPS) is 10.4. The maximum absolute atomic E-state index is 9.36. The predicted molar refractivity (Wildman–Crippen MR) is 88.9 cm³/mol. The first kappa shape index (κ1) is 15.5. The van der Waals surface area contributed by atoms with Gasteiger partial charge in [-0.15, -0.1) is 0 Å². The minimum absolute atomic E-state index is 0.384. The molecule has 1 aromatic carbocycles. The quantitative estimate of drug-likeness (QED) is 0.779. The molecule has 0 radical (unpaired) electrons. The molecule has 3 aromatic rings. The highest BCUT2D eigenvalue weighted by molar-refractivity contribution is 5.56. The molecule has 0 saturated heterocycles. The van der Waals surface area contributed by atoms with Crippen LogP contribution in [-0.4, -0.2) is 21.2 Å². The van der Waals surface area contributed by atoms with Gasteiger partial charge in [0.25, 0.3) is 0 Å². The molecule has 2 heterocycles. The summed E-state index contributed by atoms with van der Waals surface area (Å²) in [5.41, 5.74) is 6.86. The van der Waals surface area contributed by atoms with Crippen molar-refractivity contribution in [2.75, 3.05) is 12.8 Å². The van der Waals surface area contributed by atoms with Gasteiger partial charge >= 0.3 is 0 Å². The lowest BCUT2D eigenvalue weighted by Crippen LogP contribution is -2.09. The third-order valence-corrected chi connectivity index (χ3v) is 3.68. The molecular formula is C17H17N5O2. The lowest BCUT2D eigenvalue weighted by Gasteiger charge is -2.12. The highest BCUT2D eigenvalue weighted by atomic mass is 16.5. The Hall–Kier alpha value is -3.40. The van der Waals surface area contributed by atoms with Gasteiger partial charge in [0.05, 0.1) is 19.3 Å². The average Bonchev–Trinajstić information content (AvgIpc) is 3.13. The van der Waals surface area contributed by atoms with Crippen LogP contribution < -0.4 is 15.2 Å². The van der Waals surface area contributed by atoms with Crippen molar-refractivity contribution in [2.24, 2.45) is 7.05 Å². The average molecular weight is 323 g/mol. The van der Waals surface area contributed by atoms with Crippen LogP contribution in [0.15, 0.2) is 42.7 Å². The van der Waals surface area contributed by atoms with Crippen LogP contribution >= 0.6 is 0 Å². The number of anilines is 1. The predicted octanol–water partition coefficient (Wildman–Crippen LogP) is 2.52. The van der Waals surface area contributed by atoms with Gasteiger partial charge in [-0.05, 0) is 24.3 Å². The molecule has 0 unspecified atom stereocenters. The van der Waals surface area contributed by atoms with Crippen molar-refractivity contribution in [3.05, 3.63) is 54.2 Å². The number of nitriles is 1. The van der Waals surface area contributed by atoms with Crippen molar-refractivity contribution < 1.29 is 9.47 Å². The Morgan fingerprint density at radius 3 is 2.54 bits per heavy atom. The lowest BCUT2D eigenvalue weighted by atomic mass is 10.3. The van der Waals surface area contributed by atoms with Crippen LogP contribution in [0.1, 0.15) is 11.5 Å². The third-order valence-electron chi connectivity index (χ3n) is 3.68. The number of hydrogen-bond donors (Lipinski definition) is 1. The zero-order valence-corrected chi connectivity index (χ0v) is 13.4. The number of imidazole rings is 1. The molecule has 0 aliphatic carbocycles. The van der Waals surface area contributed by atoms with E-state index in [-0.39, 0.29) is 0 Å². The molecule has 0 saturated carbocycles. The van der Waals surface area contributed by atoms with Crippen LogP contribution in [0.2, 0.25) is 0 Å². The number of nitrogen functional groups attached to an aromatic ring is 1. The number of nitrogens with zero attached hydrogens (tertiary/aromatic N) is 4. The minimum Gasteiger partial charge on any atom is -0.497 e. The van der Waals surface area contributed by atoms with Crippen LogP contribution in [0.3, 0.4) is 0 Å². The Bertz CT molecular complexity index is 887. The van der Waals surface area contributed by atoms with Crippen LogP contribution in [0.5, 0.6) is 17.4 Å². The molecule has 2 N–H and O–H groups in total. The van der Waals surface area contributed by atoms with E-state index in [2.05, 4.69) is 11.1 Å². The number of ether oxygens (including phenoxy) is 2. The van der Waals surface area contributed by atoms with Gasteiger partial charge in [0.15, 0.2) is 0 Å². The Labute approximate surface area is 139 Å². The van der Waals surface area contributed by atoms with Crippen molar-refractivity contribution >= 4 is 5.69 Å². The molecule has 0 atom stereocenters. The number of aromatic nitrogens is 3. The van der Waals surface area contributed by atoms with Gasteiger partial charge in [-0.25, -0.2) is 4.98 Å². The lowest BCUT2D eigenvalue weighted by molar-refractivity contribution is 0.410. The van der Waals surface area contributed by atoms with Crippen LogP contribution in [-0.2, 0) is 13.6 Å². The number of aryl methyl sites for hydroxylation is 1. The summed E-state index contributed by atoms with van der Waals surface area (Å²) in [5.74, 6) is 2.55. The van der Waals surface area contributed by atoms with E-state index in [0.717, 1.165) is 11.6 Å². The molecule has 7 nitrogen and oxygen atoms in total. The van der Waals surface area contributed by atoms with Gasteiger partial charge in [-0.3, -0.25) is 4.57 Å². The van der Waals surface area contributed by atoms with Gasteiger partial charge in [0.1, 0.15) is 29.1 Å². The fourth-order valence-electron chi connectivity index (χ4n) is 2.36. The summed E-state index contributed by atoms with van der Waals surface area (Å²) in [4.78, 5) is 4.29. The summed E-state index contributed by atoms with van der Waals surface area (Å²) in [6.07, 6.45) is 3.55. The zero-order chi connectivity index (χ0) is 17.1. The number of rotatable bonds is 5. The van der Waals surface area contributed by atoms with Crippen molar-refractivity contribution in [2.45, 2.75) is 6.54 Å². The van der Waals surface area contributed by atoms with Crippen LogP contribution in [0.4, 0.5) is 5.69 Å². The van der Waals surface area contributed by atoms with E-state index in [0.29, 0.717) is 29.6 Å². The molecule has 7 heteroatoms. The van der Waals surface area contributed by atoms with E-state index < -0.39 is 0 Å². The molecule has 2 aromatic heterocycles. The second kappa shape index (κ2) is 6.38. The van der Waals surface area contributed by atoms with E-state index in [1.807, 2.05) is 17.8 Å². The maximum Gasteiger partial charge on any atom is 0.224 e. The third kappa shape index (κ3) is 2.90. The van der Waals surface area contributed by atoms with E-state index in [1.165, 1.54) is 0 Å². The molecular weight excluding hydrogens is 306 g/mol. The fraction of sp³-hybridized carbons (Fsp3) is 0.176. The fourth-order valence-corrected chi connectivity index (χ4v) is 2.36. The van der Waals surface area contributed by atoms with Gasteiger partial charge in [0, 0.05) is 25.5 Å². The van der Waals surface area contributed by atoms with E-state index in [9.17, 15) is 5.26 Å². The summed E-state index contributed by atoms with van der Waals surface area (Å²) >= 11 is 0. The molecule has 0 bridgehead atoms. The number of hydrogen-bond acceptors (Lipinski definition) is 5. The summed E-state index contributed by atoms with van der Waals surface area (Å²) in [6.45, 7) is 0.384. The number of benzene rings is 1. The van der Waals surface area contributed by atoms with Crippen molar-refractivity contribution in [1.82, 2.24) is 14.1 Å². The van der Waals surface area contributed by atoms with E-state index in [4.69, 9.17) is 15.2 Å². The highest BCUT2D eigenvalue weighted by Crippen LogP contribution is 2.32. The van der Waals surface area contributed by atoms with E-state index in [1.54, 1.807) is 48.2 Å². The summed E-state index contributed by atoms with van der Waals surface area (Å²) in [7, 11) is 3.50.